The molecule has 2 aromatic rings. The van der Waals surface area contributed by atoms with Crippen LogP contribution in [0.2, 0.25) is 0 Å². The average Bonchev–Trinajstić information content (AvgIpc) is 3.26. The van der Waals surface area contributed by atoms with Gasteiger partial charge in [0.15, 0.2) is 0 Å². The lowest BCUT2D eigenvalue weighted by Gasteiger charge is -2.39. The van der Waals surface area contributed by atoms with Crippen LogP contribution in [0.15, 0.2) is 90.6 Å². The van der Waals surface area contributed by atoms with E-state index in [9.17, 15) is 8.78 Å². The number of hydrogen-bond acceptors (Lipinski definition) is 7. The zero-order valence-electron chi connectivity index (χ0n) is 37.5. The van der Waals surface area contributed by atoms with Crippen LogP contribution in [0, 0.1) is 24.1 Å². The first kappa shape index (κ1) is 50.1. The Morgan fingerprint density at radius 2 is 1.62 bits per heavy atom. The fourth-order valence-electron chi connectivity index (χ4n) is 8.48. The molecule has 4 aliphatic rings. The topological polar surface area (TPSA) is 90.6 Å². The first-order valence-electron chi connectivity index (χ1n) is 22.7. The van der Waals surface area contributed by atoms with Crippen LogP contribution in [0.25, 0.3) is 0 Å². The van der Waals surface area contributed by atoms with Crippen molar-refractivity contribution in [3.8, 4) is 12.3 Å². The van der Waals surface area contributed by atoms with Crippen LogP contribution in [0.5, 0.6) is 0 Å². The Bertz CT molecular complexity index is 1690. The van der Waals surface area contributed by atoms with Gasteiger partial charge in [-0.05, 0) is 146 Å². The largest absolute Gasteiger partial charge is 0.402 e. The molecule has 1 atom stereocenters. The molecule has 0 bridgehead atoms. The van der Waals surface area contributed by atoms with E-state index in [4.69, 9.17) is 5.73 Å². The second kappa shape index (κ2) is 28.3. The van der Waals surface area contributed by atoms with Crippen molar-refractivity contribution in [2.45, 2.75) is 147 Å². The number of piperidine rings is 1. The van der Waals surface area contributed by atoms with Gasteiger partial charge >= 0.3 is 0 Å². The van der Waals surface area contributed by atoms with Crippen LogP contribution in [0.3, 0.4) is 0 Å². The number of nitrogens with one attached hydrogen (secondary N) is 3. The van der Waals surface area contributed by atoms with Gasteiger partial charge in [0.25, 0.3) is 0 Å². The summed E-state index contributed by atoms with van der Waals surface area (Å²) in [5.74, 6) is 3.41. The molecule has 2 heterocycles. The van der Waals surface area contributed by atoms with Crippen molar-refractivity contribution in [3.05, 3.63) is 108 Å². The number of halogens is 2. The molecule has 1 unspecified atom stereocenters. The Balaban J connectivity index is 0.000000263. The van der Waals surface area contributed by atoms with Gasteiger partial charge in [0.1, 0.15) is 17.4 Å². The number of likely N-dealkylation sites (tertiary alicyclic amines) is 1. The van der Waals surface area contributed by atoms with Gasteiger partial charge in [-0.2, -0.15) is 0 Å². The molecule has 9 heteroatoms. The minimum Gasteiger partial charge on any atom is -0.402 e. The number of nitrogens with zero attached hydrogens (tertiary/aromatic N) is 3. The van der Waals surface area contributed by atoms with Gasteiger partial charge in [-0.3, -0.25) is 9.98 Å². The summed E-state index contributed by atoms with van der Waals surface area (Å²) in [5.41, 5.74) is 11.5. The molecule has 1 saturated heterocycles. The number of aliphatic imine (C=N–C) groups is 1. The summed E-state index contributed by atoms with van der Waals surface area (Å²) < 4.78 is 28.8. The number of allylic oxidation sites excluding steroid dienone is 4. The molecule has 7 nitrogen and oxygen atoms in total. The van der Waals surface area contributed by atoms with E-state index < -0.39 is 0 Å². The van der Waals surface area contributed by atoms with Crippen molar-refractivity contribution in [1.29, 1.82) is 0 Å². The van der Waals surface area contributed by atoms with Gasteiger partial charge in [0.2, 0.25) is 0 Å². The summed E-state index contributed by atoms with van der Waals surface area (Å²) in [6, 6.07) is 10.3. The highest BCUT2D eigenvalue weighted by molar-refractivity contribution is 6.11. The fraction of sp³-hybridized carbons (Fsp3) is 0.569. The van der Waals surface area contributed by atoms with Crippen LogP contribution >= 0.6 is 0 Å². The van der Waals surface area contributed by atoms with E-state index in [0.717, 1.165) is 78.7 Å². The molecule has 0 spiro atoms. The second-order valence-electron chi connectivity index (χ2n) is 16.7. The number of terminal acetylenes is 1. The molecule has 0 amide bonds. The average molecular weight is 826 g/mol. The Labute approximate surface area is 363 Å². The highest BCUT2D eigenvalue weighted by Gasteiger charge is 2.28. The number of hydrogen-bond donors (Lipinski definition) is 4. The van der Waals surface area contributed by atoms with Gasteiger partial charge in [0.05, 0.1) is 6.67 Å². The number of anilines is 1. The van der Waals surface area contributed by atoms with E-state index in [0.29, 0.717) is 30.1 Å². The summed E-state index contributed by atoms with van der Waals surface area (Å²) in [6.07, 6.45) is 30.7. The van der Waals surface area contributed by atoms with Gasteiger partial charge in [0, 0.05) is 59.6 Å². The lowest BCUT2D eigenvalue weighted by atomic mass is 9.82. The van der Waals surface area contributed by atoms with Crippen LogP contribution in [0.4, 0.5) is 14.5 Å². The number of aromatic nitrogens is 1. The summed E-state index contributed by atoms with van der Waals surface area (Å²) in [5, 5.41) is 9.37. The highest BCUT2D eigenvalue weighted by atomic mass is 19.1. The first-order chi connectivity index (χ1) is 29.1. The molecule has 60 heavy (non-hydrogen) atoms. The normalized spacial score (nSPS) is 18.7. The summed E-state index contributed by atoms with van der Waals surface area (Å²) in [4.78, 5) is 11.3. The van der Waals surface area contributed by atoms with E-state index in [1.807, 2.05) is 37.4 Å². The third-order valence-corrected chi connectivity index (χ3v) is 12.4. The Morgan fingerprint density at radius 1 is 0.967 bits per heavy atom. The summed E-state index contributed by atoms with van der Waals surface area (Å²) >= 11 is 0. The van der Waals surface area contributed by atoms with Crippen molar-refractivity contribution < 1.29 is 8.78 Å². The third-order valence-electron chi connectivity index (χ3n) is 12.4. The van der Waals surface area contributed by atoms with Crippen LogP contribution in [0.1, 0.15) is 152 Å². The lowest BCUT2D eigenvalue weighted by molar-refractivity contribution is 0.121. The molecule has 0 radical (unpaired) electrons. The number of rotatable bonds is 15. The Morgan fingerprint density at radius 3 is 2.13 bits per heavy atom. The first-order valence-corrected chi connectivity index (χ1v) is 22.7. The monoisotopic (exact) mass is 826 g/mol. The molecular weight excluding hydrogens is 749 g/mol. The Kier molecular flexibility index (Phi) is 23.6. The number of benzene rings is 1. The van der Waals surface area contributed by atoms with Gasteiger partial charge < -0.3 is 26.6 Å². The maximum absolute atomic E-state index is 14.9. The molecular formula is C51H77F2N7. The molecule has 5 N–H and O–H groups in total. The van der Waals surface area contributed by atoms with E-state index >= 15 is 0 Å². The predicted octanol–water partition coefficient (Wildman–Crippen LogP) is 11.7. The smallest absolute Gasteiger partial charge is 0.144 e. The second-order valence-corrected chi connectivity index (χ2v) is 16.7. The summed E-state index contributed by atoms with van der Waals surface area (Å²) in [6.45, 7) is 17.6. The minimum absolute atomic E-state index is 0.0754. The standard InChI is InChI=1S/C25H38FN3.C15H20FN3.C8H15N.C3H4/c1-4-21(11-10-19(2)27-3)28-22-12-13-24(25(26)18-22)20-14-16-29(17-15-20)23-8-6-5-7-9-23;1-3-13(16)15(19-10-17-2)12-7-8-18-14(9-12)11-5-4-6-11;1-7(9)8-5-3-2-4-6-8;1-3-2/h4,12-13,18,20-21,23,27-28H,1-2,5-11,14-17H2,3H3;3,7-9,11,17H,4-6,10H2,1-2H3;8H,1-6,9H2;1H,2H3/b;13-3+,19-15-;;. The maximum Gasteiger partial charge on any atom is 0.144 e. The number of nitrogens with two attached hydrogens (primary N) is 1. The van der Waals surface area contributed by atoms with E-state index in [-0.39, 0.29) is 17.7 Å². The van der Waals surface area contributed by atoms with Crippen LogP contribution in [-0.4, -0.2) is 61.5 Å². The van der Waals surface area contributed by atoms with Crippen LogP contribution in [-0.2, 0) is 0 Å². The lowest BCUT2D eigenvalue weighted by Crippen LogP contribution is -2.42. The predicted molar refractivity (Wildman–Crippen MR) is 252 cm³/mol. The fourth-order valence-corrected chi connectivity index (χ4v) is 8.48. The van der Waals surface area contributed by atoms with E-state index in [2.05, 4.69) is 62.9 Å². The van der Waals surface area contributed by atoms with E-state index in [1.54, 1.807) is 33.2 Å². The van der Waals surface area contributed by atoms with Gasteiger partial charge in [-0.25, -0.2) is 8.78 Å². The molecule has 6 rings (SSSR count). The summed E-state index contributed by atoms with van der Waals surface area (Å²) in [7, 11) is 3.67. The molecule has 330 valence electrons. The minimum atomic E-state index is -0.291. The molecule has 3 saturated carbocycles. The van der Waals surface area contributed by atoms with Gasteiger partial charge in [-0.15, -0.1) is 18.9 Å². The third kappa shape index (κ3) is 17.0. The zero-order chi connectivity index (χ0) is 43.7. The van der Waals surface area contributed by atoms with Crippen molar-refractivity contribution in [2.24, 2.45) is 16.6 Å². The zero-order valence-corrected chi connectivity index (χ0v) is 37.5. The molecule has 1 aromatic heterocycles. The van der Waals surface area contributed by atoms with Crippen molar-refractivity contribution >= 4 is 11.4 Å². The van der Waals surface area contributed by atoms with Gasteiger partial charge in [-0.1, -0.05) is 70.2 Å². The van der Waals surface area contributed by atoms with E-state index in [1.165, 1.54) is 89.5 Å². The van der Waals surface area contributed by atoms with Crippen molar-refractivity contribution in [3.63, 3.8) is 0 Å². The number of pyridine rings is 1. The Hall–Kier alpha value is -4.26. The van der Waals surface area contributed by atoms with Crippen molar-refractivity contribution in [2.75, 3.05) is 39.2 Å². The van der Waals surface area contributed by atoms with Crippen LogP contribution < -0.4 is 21.7 Å². The quantitative estimate of drug-likeness (QED) is 0.0812. The molecule has 1 aliphatic heterocycles. The molecule has 4 fully saturated rings. The highest BCUT2D eigenvalue weighted by Crippen LogP contribution is 2.36. The maximum atomic E-state index is 14.9. The van der Waals surface area contributed by atoms with Crippen molar-refractivity contribution in [1.82, 2.24) is 20.5 Å². The SMILES string of the molecule is C#CC.C/C=C(F)\C(=N/CNC)c1ccnc(C2CCC2)c1.C=C(N)C1CCCCC1.C=CC(CCC(=C)NC)Nc1ccc(C2CCN(C3CCCCC3)CC2)c(F)c1. The molecule has 3 aliphatic carbocycles. The molecule has 1 aromatic carbocycles.